The van der Waals surface area contributed by atoms with Crippen LogP contribution in [-0.4, -0.2) is 53.5 Å². The van der Waals surface area contributed by atoms with E-state index in [1.54, 1.807) is 7.05 Å². The Kier molecular flexibility index (Phi) is 5.34. The summed E-state index contributed by atoms with van der Waals surface area (Å²) in [6.07, 6.45) is -0.471. The third-order valence-corrected chi connectivity index (χ3v) is 3.62. The molecule has 0 aliphatic carbocycles. The van der Waals surface area contributed by atoms with Gasteiger partial charge in [-0.1, -0.05) is 18.2 Å². The van der Waals surface area contributed by atoms with Gasteiger partial charge in [-0.2, -0.15) is 0 Å². The third kappa shape index (κ3) is 2.92. The van der Waals surface area contributed by atoms with Gasteiger partial charge in [-0.05, 0) is 6.07 Å². The molecule has 90 valence electrons. The number of hydrogen-bond donors (Lipinski definition) is 2. The molecule has 0 saturated carbocycles. The van der Waals surface area contributed by atoms with Gasteiger partial charge in [0, 0.05) is 17.1 Å². The van der Waals surface area contributed by atoms with Crippen LogP contribution in [0, 0.1) is 0 Å². The Morgan fingerprint density at radius 1 is 1.33 bits per heavy atom. The van der Waals surface area contributed by atoms with Crippen LogP contribution >= 0.6 is 11.3 Å². The number of rotatable bonds is 4. The van der Waals surface area contributed by atoms with Crippen molar-refractivity contribution in [3.8, 4) is 0 Å². The topological polar surface area (TPSA) is 66.4 Å². The molecule has 0 saturated heterocycles. The number of Topliss-reactive ketones (excluding diaryl/α,β-unsaturated/α-hetero) is 1. The molecule has 4 nitrogen and oxygen atoms in total. The standard InChI is InChI=1S/C12H11NO3S.Na.H/c1-13-11-7-4-2-3-5-9(7)17-12(11)8(14)6-10(15)16;;/h2-5,13H,6H2,1H3,(H,15,16);;. The van der Waals surface area contributed by atoms with Gasteiger partial charge in [0.05, 0.1) is 10.6 Å². The maximum absolute atomic E-state index is 11.8. The molecule has 0 radical (unpaired) electrons. The van der Waals surface area contributed by atoms with Crippen molar-refractivity contribution in [1.82, 2.24) is 0 Å². The zero-order valence-electron chi connectivity index (χ0n) is 9.19. The number of carbonyl (C=O) groups excluding carboxylic acids is 1. The summed E-state index contributed by atoms with van der Waals surface area (Å²) in [5.41, 5.74) is 0.719. The Morgan fingerprint density at radius 3 is 2.61 bits per heavy atom. The minimum absolute atomic E-state index is 0. The van der Waals surface area contributed by atoms with Crippen molar-refractivity contribution in [2.75, 3.05) is 12.4 Å². The van der Waals surface area contributed by atoms with E-state index in [-0.39, 0.29) is 35.3 Å². The van der Waals surface area contributed by atoms with Gasteiger partial charge < -0.3 is 10.4 Å². The molecule has 0 atom stereocenters. The summed E-state index contributed by atoms with van der Waals surface area (Å²) in [5.74, 6) is -1.46. The number of carboxylic acids is 1. The van der Waals surface area contributed by atoms with Crippen molar-refractivity contribution in [2.24, 2.45) is 0 Å². The van der Waals surface area contributed by atoms with E-state index in [1.165, 1.54) is 11.3 Å². The zero-order valence-corrected chi connectivity index (χ0v) is 10.0. The quantitative estimate of drug-likeness (QED) is 0.507. The van der Waals surface area contributed by atoms with Crippen molar-refractivity contribution in [2.45, 2.75) is 6.42 Å². The summed E-state index contributed by atoms with van der Waals surface area (Å²) < 4.78 is 0.977. The Hall–Kier alpha value is -0.880. The van der Waals surface area contributed by atoms with Crippen LogP contribution < -0.4 is 5.32 Å². The van der Waals surface area contributed by atoms with E-state index in [1.807, 2.05) is 24.3 Å². The predicted molar refractivity (Wildman–Crippen MR) is 75.1 cm³/mol. The SMILES string of the molecule is CNc1c(C(=O)CC(=O)O)sc2ccccc12.[NaH]. The van der Waals surface area contributed by atoms with E-state index in [0.717, 1.165) is 15.8 Å². The second-order valence-electron chi connectivity index (χ2n) is 3.55. The van der Waals surface area contributed by atoms with Crippen LogP contribution in [0.5, 0.6) is 0 Å². The number of thiophene rings is 1. The van der Waals surface area contributed by atoms with Crippen LogP contribution in [0.1, 0.15) is 16.1 Å². The molecular formula is C12H12NNaO3S. The van der Waals surface area contributed by atoms with Gasteiger partial charge in [-0.25, -0.2) is 0 Å². The van der Waals surface area contributed by atoms with Crippen LogP contribution in [0.15, 0.2) is 24.3 Å². The van der Waals surface area contributed by atoms with Crippen LogP contribution in [0.3, 0.4) is 0 Å². The van der Waals surface area contributed by atoms with Crippen molar-refractivity contribution in [1.29, 1.82) is 0 Å². The summed E-state index contributed by atoms with van der Waals surface area (Å²) in [5, 5.41) is 12.6. The fourth-order valence-corrected chi connectivity index (χ4v) is 2.85. The van der Waals surface area contributed by atoms with E-state index in [9.17, 15) is 9.59 Å². The summed E-state index contributed by atoms with van der Waals surface area (Å²) in [6, 6.07) is 7.61. The molecule has 1 aromatic heterocycles. The number of aliphatic carboxylic acids is 1. The van der Waals surface area contributed by atoms with Gasteiger partial charge in [-0.3, -0.25) is 9.59 Å². The van der Waals surface area contributed by atoms with Crippen LogP contribution in [-0.2, 0) is 4.79 Å². The average Bonchev–Trinajstić information content (AvgIpc) is 2.66. The molecule has 2 rings (SSSR count). The van der Waals surface area contributed by atoms with Gasteiger partial charge in [0.15, 0.2) is 5.78 Å². The monoisotopic (exact) mass is 273 g/mol. The molecule has 0 unspecified atom stereocenters. The zero-order chi connectivity index (χ0) is 12.4. The van der Waals surface area contributed by atoms with Gasteiger partial charge >= 0.3 is 35.5 Å². The molecule has 6 heteroatoms. The van der Waals surface area contributed by atoms with Crippen molar-refractivity contribution in [3.05, 3.63) is 29.1 Å². The number of carbonyl (C=O) groups is 2. The van der Waals surface area contributed by atoms with Crippen molar-refractivity contribution < 1.29 is 14.7 Å². The number of benzene rings is 1. The van der Waals surface area contributed by atoms with E-state index in [0.29, 0.717) is 4.88 Å². The first-order valence-corrected chi connectivity index (χ1v) is 5.89. The molecule has 0 amide bonds. The number of hydrogen-bond acceptors (Lipinski definition) is 4. The van der Waals surface area contributed by atoms with Crippen LogP contribution in [0.4, 0.5) is 5.69 Å². The molecule has 2 N–H and O–H groups in total. The maximum atomic E-state index is 11.8. The van der Waals surface area contributed by atoms with E-state index in [4.69, 9.17) is 5.11 Å². The Bertz CT molecular complexity index is 594. The van der Waals surface area contributed by atoms with Gasteiger partial charge in [-0.15, -0.1) is 11.3 Å². The first-order chi connectivity index (χ1) is 8.13. The Labute approximate surface area is 130 Å². The normalized spacial score (nSPS) is 9.83. The molecule has 0 spiro atoms. The molecular weight excluding hydrogens is 261 g/mol. The van der Waals surface area contributed by atoms with Crippen LogP contribution in [0.25, 0.3) is 10.1 Å². The average molecular weight is 273 g/mol. The summed E-state index contributed by atoms with van der Waals surface area (Å²) in [6.45, 7) is 0. The van der Waals surface area contributed by atoms with E-state index in [2.05, 4.69) is 5.32 Å². The summed E-state index contributed by atoms with van der Waals surface area (Å²) >= 11 is 1.32. The van der Waals surface area contributed by atoms with Gasteiger partial charge in [0.2, 0.25) is 0 Å². The number of nitrogens with one attached hydrogen (secondary N) is 1. The summed E-state index contributed by atoms with van der Waals surface area (Å²) in [4.78, 5) is 22.8. The number of ketones is 1. The molecule has 0 aliphatic heterocycles. The molecule has 0 aliphatic rings. The molecule has 0 bridgehead atoms. The second kappa shape index (κ2) is 6.33. The van der Waals surface area contributed by atoms with Crippen molar-refractivity contribution >= 4 is 68.4 Å². The number of fused-ring (bicyclic) bond motifs is 1. The van der Waals surface area contributed by atoms with Gasteiger partial charge in [0.1, 0.15) is 6.42 Å². The fraction of sp³-hybridized carbons (Fsp3) is 0.167. The first kappa shape index (κ1) is 15.2. The van der Waals surface area contributed by atoms with E-state index < -0.39 is 12.4 Å². The molecule has 18 heavy (non-hydrogen) atoms. The summed E-state index contributed by atoms with van der Waals surface area (Å²) in [7, 11) is 1.73. The molecule has 1 aromatic carbocycles. The number of anilines is 1. The fourth-order valence-electron chi connectivity index (χ4n) is 1.71. The predicted octanol–water partition coefficient (Wildman–Crippen LogP) is 1.95. The second-order valence-corrected chi connectivity index (χ2v) is 4.60. The molecule has 2 aromatic rings. The Balaban J connectivity index is 0.00000162. The third-order valence-electron chi connectivity index (χ3n) is 2.41. The van der Waals surface area contributed by atoms with Crippen molar-refractivity contribution in [3.63, 3.8) is 0 Å². The minimum atomic E-state index is -1.10. The molecule has 0 fully saturated rings. The van der Waals surface area contributed by atoms with E-state index >= 15 is 0 Å². The Morgan fingerprint density at radius 2 is 2.00 bits per heavy atom. The number of carboxylic acid groups (broad SMARTS) is 1. The molecule has 1 heterocycles. The first-order valence-electron chi connectivity index (χ1n) is 5.07. The van der Waals surface area contributed by atoms with Crippen LogP contribution in [0.2, 0.25) is 0 Å². The van der Waals surface area contributed by atoms with Gasteiger partial charge in [0.25, 0.3) is 0 Å².